The quantitative estimate of drug-likeness (QED) is 0.816. The van der Waals surface area contributed by atoms with E-state index in [0.717, 1.165) is 5.56 Å². The Labute approximate surface area is 109 Å². The number of hydrogen-bond acceptors (Lipinski definition) is 4. The fourth-order valence-electron chi connectivity index (χ4n) is 1.67. The summed E-state index contributed by atoms with van der Waals surface area (Å²) in [5.74, 6) is 0. The number of thioether (sulfide) groups is 1. The Bertz CT molecular complexity index is 561. The van der Waals surface area contributed by atoms with E-state index in [4.69, 9.17) is 5.73 Å². The monoisotopic (exact) mass is 264 g/mol. The van der Waals surface area contributed by atoms with Gasteiger partial charge < -0.3 is 5.73 Å². The second kappa shape index (κ2) is 5.41. The van der Waals surface area contributed by atoms with E-state index in [-0.39, 0.29) is 17.0 Å². The summed E-state index contributed by atoms with van der Waals surface area (Å²) in [6, 6.07) is 9.96. The van der Waals surface area contributed by atoms with Crippen LogP contribution in [0.3, 0.4) is 0 Å². The maximum absolute atomic E-state index is 11.3. The average molecular weight is 264 g/mol. The van der Waals surface area contributed by atoms with Crippen LogP contribution in [0.2, 0.25) is 0 Å². The molecule has 2 aromatic rings. The van der Waals surface area contributed by atoms with Gasteiger partial charge in [-0.25, -0.2) is 9.89 Å². The van der Waals surface area contributed by atoms with Crippen LogP contribution in [0, 0.1) is 0 Å². The third-order valence-electron chi connectivity index (χ3n) is 2.68. The molecule has 1 aromatic heterocycles. The molecule has 0 aliphatic rings. The molecule has 0 saturated heterocycles. The highest BCUT2D eigenvalue weighted by Gasteiger charge is 2.20. The standard InChI is InChI=1S/C12H16N4OS/c1-8(13)10(9-6-4-3-5-7-9)18-12-15-14-11(17)16(12)2/h3-8,10H,13H2,1-2H3,(H,14,17). The van der Waals surface area contributed by atoms with E-state index >= 15 is 0 Å². The fourth-order valence-corrected chi connectivity index (χ4v) is 2.75. The summed E-state index contributed by atoms with van der Waals surface area (Å²) in [7, 11) is 1.69. The first-order valence-electron chi connectivity index (χ1n) is 5.68. The minimum atomic E-state index is -0.214. The molecule has 1 heterocycles. The lowest BCUT2D eigenvalue weighted by atomic mass is 10.1. The van der Waals surface area contributed by atoms with E-state index in [1.54, 1.807) is 7.05 Å². The van der Waals surface area contributed by atoms with Gasteiger partial charge in [-0.1, -0.05) is 42.1 Å². The normalized spacial score (nSPS) is 14.4. The number of nitrogens with zero attached hydrogens (tertiary/aromatic N) is 2. The van der Waals surface area contributed by atoms with Gasteiger partial charge in [0.1, 0.15) is 0 Å². The fraction of sp³-hybridized carbons (Fsp3) is 0.333. The molecule has 0 fully saturated rings. The number of nitrogens with one attached hydrogen (secondary N) is 1. The van der Waals surface area contributed by atoms with Crippen molar-refractivity contribution in [3.63, 3.8) is 0 Å². The van der Waals surface area contributed by atoms with Crippen molar-refractivity contribution in [2.75, 3.05) is 0 Å². The predicted octanol–water partition coefficient (Wildman–Crippen LogP) is 1.29. The van der Waals surface area contributed by atoms with Gasteiger partial charge in [0.2, 0.25) is 0 Å². The first kappa shape index (κ1) is 12.9. The molecule has 18 heavy (non-hydrogen) atoms. The van der Waals surface area contributed by atoms with Crippen LogP contribution in [-0.4, -0.2) is 20.8 Å². The summed E-state index contributed by atoms with van der Waals surface area (Å²) >= 11 is 1.49. The maximum Gasteiger partial charge on any atom is 0.343 e. The third kappa shape index (κ3) is 2.65. The molecule has 0 saturated carbocycles. The highest BCUT2D eigenvalue weighted by molar-refractivity contribution is 7.99. The van der Waals surface area contributed by atoms with Crippen molar-refractivity contribution in [3.8, 4) is 0 Å². The molecule has 0 radical (unpaired) electrons. The summed E-state index contributed by atoms with van der Waals surface area (Å²) in [5, 5.41) is 7.14. The number of rotatable bonds is 4. The van der Waals surface area contributed by atoms with Gasteiger partial charge in [0, 0.05) is 13.1 Å². The van der Waals surface area contributed by atoms with Crippen LogP contribution in [0.15, 0.2) is 40.3 Å². The van der Waals surface area contributed by atoms with Gasteiger partial charge in [-0.05, 0) is 12.5 Å². The lowest BCUT2D eigenvalue weighted by Gasteiger charge is -2.19. The van der Waals surface area contributed by atoms with E-state index in [1.807, 2.05) is 37.3 Å². The largest absolute Gasteiger partial charge is 0.343 e. The molecule has 3 N–H and O–H groups in total. The zero-order chi connectivity index (χ0) is 13.1. The van der Waals surface area contributed by atoms with Crippen LogP contribution < -0.4 is 11.4 Å². The van der Waals surface area contributed by atoms with Crippen LogP contribution in [0.1, 0.15) is 17.7 Å². The average Bonchev–Trinajstić information content (AvgIpc) is 2.68. The van der Waals surface area contributed by atoms with Crippen molar-refractivity contribution < 1.29 is 0 Å². The Balaban J connectivity index is 2.28. The number of hydrogen-bond donors (Lipinski definition) is 2. The molecule has 0 amide bonds. The lowest BCUT2D eigenvalue weighted by Crippen LogP contribution is -2.23. The zero-order valence-electron chi connectivity index (χ0n) is 10.3. The van der Waals surface area contributed by atoms with Gasteiger partial charge in [-0.3, -0.25) is 4.57 Å². The maximum atomic E-state index is 11.3. The molecule has 2 rings (SSSR count). The van der Waals surface area contributed by atoms with Crippen molar-refractivity contribution >= 4 is 11.8 Å². The highest BCUT2D eigenvalue weighted by atomic mass is 32.2. The molecule has 1 aromatic carbocycles. The second-order valence-electron chi connectivity index (χ2n) is 4.18. The van der Waals surface area contributed by atoms with Gasteiger partial charge in [-0.2, -0.15) is 0 Å². The van der Waals surface area contributed by atoms with E-state index < -0.39 is 0 Å². The van der Waals surface area contributed by atoms with Gasteiger partial charge in [0.25, 0.3) is 0 Å². The van der Waals surface area contributed by atoms with Gasteiger partial charge >= 0.3 is 5.69 Å². The number of aromatic amines is 1. The third-order valence-corrected chi connectivity index (χ3v) is 4.21. The van der Waals surface area contributed by atoms with Crippen LogP contribution in [0.5, 0.6) is 0 Å². The summed E-state index contributed by atoms with van der Waals surface area (Å²) < 4.78 is 1.49. The first-order valence-corrected chi connectivity index (χ1v) is 6.56. The smallest absolute Gasteiger partial charge is 0.327 e. The van der Waals surface area contributed by atoms with Crippen LogP contribution in [-0.2, 0) is 7.05 Å². The molecule has 2 atom stereocenters. The molecule has 96 valence electrons. The van der Waals surface area contributed by atoms with E-state index in [9.17, 15) is 4.79 Å². The summed E-state index contributed by atoms with van der Waals surface area (Å²) in [6.45, 7) is 1.95. The van der Waals surface area contributed by atoms with Crippen molar-refractivity contribution in [2.45, 2.75) is 23.4 Å². The Kier molecular flexibility index (Phi) is 3.88. The van der Waals surface area contributed by atoms with E-state index in [1.165, 1.54) is 16.3 Å². The van der Waals surface area contributed by atoms with Crippen LogP contribution in [0.25, 0.3) is 0 Å². The van der Waals surface area contributed by atoms with E-state index in [0.29, 0.717) is 5.16 Å². The van der Waals surface area contributed by atoms with Crippen molar-refractivity contribution in [1.82, 2.24) is 14.8 Å². The Morgan fingerprint density at radius 1 is 1.39 bits per heavy atom. The zero-order valence-corrected chi connectivity index (χ0v) is 11.1. The van der Waals surface area contributed by atoms with Crippen LogP contribution in [0.4, 0.5) is 0 Å². The van der Waals surface area contributed by atoms with Crippen molar-refractivity contribution in [1.29, 1.82) is 0 Å². The SMILES string of the molecule is CC(N)C(Sc1n[nH]c(=O)n1C)c1ccccc1. The molecule has 0 aliphatic carbocycles. The Hall–Kier alpha value is -1.53. The number of nitrogens with two attached hydrogens (primary N) is 1. The highest BCUT2D eigenvalue weighted by Crippen LogP contribution is 2.35. The number of benzene rings is 1. The summed E-state index contributed by atoms with van der Waals surface area (Å²) in [5.41, 5.74) is 6.95. The molecule has 0 bridgehead atoms. The topological polar surface area (TPSA) is 76.7 Å². The second-order valence-corrected chi connectivity index (χ2v) is 5.29. The minimum Gasteiger partial charge on any atom is -0.327 e. The Morgan fingerprint density at radius 3 is 2.56 bits per heavy atom. The molecule has 0 spiro atoms. The molecule has 0 aliphatic heterocycles. The Morgan fingerprint density at radius 2 is 2.06 bits per heavy atom. The first-order chi connectivity index (χ1) is 8.59. The molecule has 2 unspecified atom stereocenters. The molecular formula is C12H16N4OS. The molecule has 5 nitrogen and oxygen atoms in total. The number of aromatic nitrogens is 3. The van der Waals surface area contributed by atoms with Gasteiger partial charge in [0.05, 0.1) is 5.25 Å². The van der Waals surface area contributed by atoms with Crippen molar-refractivity contribution in [3.05, 3.63) is 46.4 Å². The van der Waals surface area contributed by atoms with E-state index in [2.05, 4.69) is 10.2 Å². The predicted molar refractivity (Wildman–Crippen MR) is 72.5 cm³/mol. The summed E-state index contributed by atoms with van der Waals surface area (Å²) in [6.07, 6.45) is 0. The molecule has 6 heteroatoms. The van der Waals surface area contributed by atoms with Crippen LogP contribution >= 0.6 is 11.8 Å². The summed E-state index contributed by atoms with van der Waals surface area (Å²) in [4.78, 5) is 11.3. The lowest BCUT2D eigenvalue weighted by molar-refractivity contribution is 0.706. The molecular weight excluding hydrogens is 248 g/mol. The minimum absolute atomic E-state index is 0.0378. The van der Waals surface area contributed by atoms with Crippen molar-refractivity contribution in [2.24, 2.45) is 12.8 Å². The van der Waals surface area contributed by atoms with Gasteiger partial charge in [0.15, 0.2) is 5.16 Å². The van der Waals surface area contributed by atoms with Gasteiger partial charge in [-0.15, -0.1) is 5.10 Å². The number of H-pyrrole nitrogens is 1.